The van der Waals surface area contributed by atoms with Crippen LogP contribution < -0.4 is 20.3 Å². The van der Waals surface area contributed by atoms with E-state index in [-0.39, 0.29) is 5.76 Å². The van der Waals surface area contributed by atoms with Gasteiger partial charge in [-0.1, -0.05) is 24.3 Å². The van der Waals surface area contributed by atoms with Gasteiger partial charge in [-0.3, -0.25) is 0 Å². The number of nitrogens with one attached hydrogen (secondary N) is 2. The highest BCUT2D eigenvalue weighted by atomic mass is 16.6. The Morgan fingerprint density at radius 3 is 2.62 bits per heavy atom. The van der Waals surface area contributed by atoms with Gasteiger partial charge in [-0.05, 0) is 48.9 Å². The van der Waals surface area contributed by atoms with Crippen molar-refractivity contribution >= 4 is 11.7 Å². The number of para-hydroxylation sites is 1. The Labute approximate surface area is 151 Å². The summed E-state index contributed by atoms with van der Waals surface area (Å²) in [6.45, 7) is 2.91. The van der Waals surface area contributed by atoms with Crippen LogP contribution in [-0.2, 0) is 6.54 Å². The van der Waals surface area contributed by atoms with Crippen molar-refractivity contribution in [2.75, 3.05) is 12.0 Å². The average molecular weight is 352 g/mol. The highest BCUT2D eigenvalue weighted by Gasteiger charge is 2.15. The van der Waals surface area contributed by atoms with Crippen molar-refractivity contribution in [3.05, 3.63) is 78.3 Å². The SMILES string of the molecule is CCOc1cc(CNNc2ccccc2)ccc1OC(=O)c1ccco1. The predicted octanol–water partition coefficient (Wildman–Crippen LogP) is 4.01. The molecule has 0 unspecified atom stereocenters. The minimum Gasteiger partial charge on any atom is -0.490 e. The van der Waals surface area contributed by atoms with E-state index in [1.54, 1.807) is 18.2 Å². The molecule has 134 valence electrons. The molecular formula is C20H20N2O4. The average Bonchev–Trinajstić information content (AvgIpc) is 3.20. The van der Waals surface area contributed by atoms with Crippen molar-refractivity contribution < 1.29 is 18.7 Å². The van der Waals surface area contributed by atoms with E-state index in [0.29, 0.717) is 24.7 Å². The summed E-state index contributed by atoms with van der Waals surface area (Å²) in [6, 6.07) is 18.4. The van der Waals surface area contributed by atoms with Crippen LogP contribution >= 0.6 is 0 Å². The van der Waals surface area contributed by atoms with E-state index in [4.69, 9.17) is 13.9 Å². The lowest BCUT2D eigenvalue weighted by Crippen LogP contribution is -2.20. The van der Waals surface area contributed by atoms with Gasteiger partial charge in [0.2, 0.25) is 5.76 Å². The fourth-order valence-electron chi connectivity index (χ4n) is 2.33. The van der Waals surface area contributed by atoms with E-state index in [9.17, 15) is 4.79 Å². The van der Waals surface area contributed by atoms with Gasteiger partial charge < -0.3 is 19.3 Å². The normalized spacial score (nSPS) is 10.3. The van der Waals surface area contributed by atoms with Gasteiger partial charge in [0.1, 0.15) is 0 Å². The summed E-state index contributed by atoms with van der Waals surface area (Å²) in [5, 5.41) is 0. The number of hydrogen-bond acceptors (Lipinski definition) is 6. The van der Waals surface area contributed by atoms with Crippen molar-refractivity contribution in [2.45, 2.75) is 13.5 Å². The molecule has 0 saturated heterocycles. The van der Waals surface area contributed by atoms with Crippen molar-refractivity contribution in [2.24, 2.45) is 0 Å². The second-order valence-corrected chi connectivity index (χ2v) is 5.43. The van der Waals surface area contributed by atoms with Crippen molar-refractivity contribution in [1.82, 2.24) is 5.43 Å². The summed E-state index contributed by atoms with van der Waals surface area (Å²) in [6.07, 6.45) is 1.43. The molecule has 0 bridgehead atoms. The van der Waals surface area contributed by atoms with Gasteiger partial charge in [-0.25, -0.2) is 10.2 Å². The minimum atomic E-state index is -0.562. The van der Waals surface area contributed by atoms with Gasteiger partial charge in [0.15, 0.2) is 11.5 Å². The molecule has 0 aliphatic rings. The number of furan rings is 1. The number of ether oxygens (including phenoxy) is 2. The summed E-state index contributed by atoms with van der Waals surface area (Å²) in [4.78, 5) is 12.1. The lowest BCUT2D eigenvalue weighted by atomic mass is 10.2. The van der Waals surface area contributed by atoms with Crippen LogP contribution in [0, 0.1) is 0 Å². The summed E-state index contributed by atoms with van der Waals surface area (Å²) >= 11 is 0. The van der Waals surface area contributed by atoms with E-state index in [2.05, 4.69) is 10.9 Å². The summed E-state index contributed by atoms with van der Waals surface area (Å²) < 4.78 is 16.0. The third kappa shape index (κ3) is 4.64. The number of esters is 1. The van der Waals surface area contributed by atoms with Gasteiger partial charge in [0, 0.05) is 12.2 Å². The Hall–Kier alpha value is -3.25. The Morgan fingerprint density at radius 1 is 1.04 bits per heavy atom. The standard InChI is InChI=1S/C20H20N2O4/c1-2-24-19-13-15(14-21-22-16-7-4-3-5-8-16)10-11-17(19)26-20(23)18-9-6-12-25-18/h3-13,21-22H,2,14H2,1H3. The second-order valence-electron chi connectivity index (χ2n) is 5.43. The predicted molar refractivity (Wildman–Crippen MR) is 98.2 cm³/mol. The smallest absolute Gasteiger partial charge is 0.379 e. The zero-order valence-electron chi connectivity index (χ0n) is 14.4. The molecule has 2 aromatic carbocycles. The van der Waals surface area contributed by atoms with E-state index < -0.39 is 5.97 Å². The van der Waals surface area contributed by atoms with Gasteiger partial charge in [0.05, 0.1) is 12.9 Å². The van der Waals surface area contributed by atoms with E-state index in [0.717, 1.165) is 11.3 Å². The lowest BCUT2D eigenvalue weighted by molar-refractivity contribution is 0.0695. The Bertz CT molecular complexity index is 832. The van der Waals surface area contributed by atoms with Gasteiger partial charge in [0.25, 0.3) is 0 Å². The lowest BCUT2D eigenvalue weighted by Gasteiger charge is -2.13. The summed E-state index contributed by atoms with van der Waals surface area (Å²) in [7, 11) is 0. The van der Waals surface area contributed by atoms with Crippen molar-refractivity contribution in [3.8, 4) is 11.5 Å². The summed E-state index contributed by atoms with van der Waals surface area (Å²) in [5.41, 5.74) is 8.22. The maximum atomic E-state index is 12.1. The number of rotatable bonds is 8. The van der Waals surface area contributed by atoms with Crippen LogP contribution in [0.1, 0.15) is 23.0 Å². The Morgan fingerprint density at radius 2 is 1.88 bits per heavy atom. The molecule has 3 aromatic rings. The molecule has 0 radical (unpaired) electrons. The Kier molecular flexibility index (Phi) is 5.90. The molecular weight excluding hydrogens is 332 g/mol. The van der Waals surface area contributed by atoms with Crippen LogP contribution in [0.2, 0.25) is 0 Å². The van der Waals surface area contributed by atoms with E-state index in [1.165, 1.54) is 6.26 Å². The molecule has 0 amide bonds. The molecule has 3 rings (SSSR count). The number of carbonyl (C=O) groups excluding carboxylic acids is 1. The van der Waals surface area contributed by atoms with Gasteiger partial charge in [-0.2, -0.15) is 0 Å². The fourth-order valence-corrected chi connectivity index (χ4v) is 2.33. The van der Waals surface area contributed by atoms with Crippen LogP contribution in [0.5, 0.6) is 11.5 Å². The summed E-state index contributed by atoms with van der Waals surface area (Å²) in [5.74, 6) is 0.442. The molecule has 1 heterocycles. The van der Waals surface area contributed by atoms with Crippen LogP contribution in [0.25, 0.3) is 0 Å². The van der Waals surface area contributed by atoms with E-state index in [1.807, 2.05) is 49.4 Å². The zero-order valence-corrected chi connectivity index (χ0v) is 14.4. The highest BCUT2D eigenvalue weighted by molar-refractivity contribution is 5.88. The molecule has 0 aliphatic heterocycles. The van der Waals surface area contributed by atoms with Crippen LogP contribution in [0.15, 0.2) is 71.3 Å². The first-order chi connectivity index (χ1) is 12.8. The Balaban J connectivity index is 1.65. The highest BCUT2D eigenvalue weighted by Crippen LogP contribution is 2.29. The fraction of sp³-hybridized carbons (Fsp3) is 0.150. The van der Waals surface area contributed by atoms with E-state index >= 15 is 0 Å². The van der Waals surface area contributed by atoms with Crippen molar-refractivity contribution in [1.29, 1.82) is 0 Å². The van der Waals surface area contributed by atoms with Gasteiger partial charge >= 0.3 is 5.97 Å². The monoisotopic (exact) mass is 352 g/mol. The second kappa shape index (κ2) is 8.73. The number of hydrazine groups is 1. The van der Waals surface area contributed by atoms with Crippen LogP contribution in [0.3, 0.4) is 0 Å². The minimum absolute atomic E-state index is 0.144. The molecule has 0 fully saturated rings. The number of hydrogen-bond donors (Lipinski definition) is 2. The third-order valence-electron chi connectivity index (χ3n) is 3.53. The molecule has 6 nitrogen and oxygen atoms in total. The molecule has 0 saturated carbocycles. The number of benzene rings is 2. The third-order valence-corrected chi connectivity index (χ3v) is 3.53. The molecule has 1 aromatic heterocycles. The maximum Gasteiger partial charge on any atom is 0.379 e. The molecule has 2 N–H and O–H groups in total. The largest absolute Gasteiger partial charge is 0.490 e. The zero-order chi connectivity index (χ0) is 18.2. The first kappa shape index (κ1) is 17.6. The number of carbonyl (C=O) groups is 1. The molecule has 6 heteroatoms. The number of anilines is 1. The van der Waals surface area contributed by atoms with Crippen molar-refractivity contribution in [3.63, 3.8) is 0 Å². The van der Waals surface area contributed by atoms with Gasteiger partial charge in [-0.15, -0.1) is 0 Å². The molecule has 0 aliphatic carbocycles. The van der Waals surface area contributed by atoms with Crippen LogP contribution in [0.4, 0.5) is 5.69 Å². The first-order valence-corrected chi connectivity index (χ1v) is 8.31. The molecule has 26 heavy (non-hydrogen) atoms. The molecule has 0 atom stereocenters. The molecule has 0 spiro atoms. The maximum absolute atomic E-state index is 12.1. The quantitative estimate of drug-likeness (QED) is 0.362. The van der Waals surface area contributed by atoms with Crippen LogP contribution in [-0.4, -0.2) is 12.6 Å². The first-order valence-electron chi connectivity index (χ1n) is 8.31. The topological polar surface area (TPSA) is 72.7 Å².